The van der Waals surface area contributed by atoms with E-state index in [1.807, 2.05) is 25.1 Å². The lowest BCUT2D eigenvalue weighted by atomic mass is 10.1. The second-order valence-electron chi connectivity index (χ2n) is 5.55. The third-order valence-electron chi connectivity index (χ3n) is 3.64. The number of aromatic amines is 1. The Labute approximate surface area is 139 Å². The summed E-state index contributed by atoms with van der Waals surface area (Å²) in [5, 5.41) is 13.6. The maximum absolute atomic E-state index is 12.1. The summed E-state index contributed by atoms with van der Waals surface area (Å²) in [6.07, 6.45) is 3.44. The average molecular weight is 328 g/mol. The van der Waals surface area contributed by atoms with E-state index in [9.17, 15) is 4.79 Å². The molecule has 0 fully saturated rings. The number of hydrogen-bond acceptors (Lipinski definition) is 3. The lowest BCUT2D eigenvalue weighted by molar-refractivity contribution is 0.262. The molecule has 2 aromatic heterocycles. The van der Waals surface area contributed by atoms with Gasteiger partial charge in [0.05, 0.1) is 5.39 Å². The SMILES string of the molecule is CCCCc1ccc(NC(=O)Nc2[nH]nc3sc(C)cc23)cc1. The molecule has 0 unspecified atom stereocenters. The van der Waals surface area contributed by atoms with Crippen LogP contribution in [0.25, 0.3) is 10.2 Å². The van der Waals surface area contributed by atoms with Gasteiger partial charge in [-0.25, -0.2) is 4.79 Å². The van der Waals surface area contributed by atoms with Crippen LogP contribution in [-0.4, -0.2) is 16.2 Å². The van der Waals surface area contributed by atoms with Gasteiger partial charge in [0.2, 0.25) is 0 Å². The minimum atomic E-state index is -0.277. The number of thiophene rings is 1. The topological polar surface area (TPSA) is 69.8 Å². The van der Waals surface area contributed by atoms with Crippen molar-refractivity contribution < 1.29 is 4.79 Å². The van der Waals surface area contributed by atoms with Crippen LogP contribution in [0.5, 0.6) is 0 Å². The van der Waals surface area contributed by atoms with Gasteiger partial charge in [-0.2, -0.15) is 5.10 Å². The number of carbonyl (C=O) groups is 1. The molecule has 0 radical (unpaired) electrons. The zero-order valence-corrected chi connectivity index (χ0v) is 14.1. The number of aromatic nitrogens is 2. The molecule has 0 aliphatic rings. The van der Waals surface area contributed by atoms with E-state index < -0.39 is 0 Å². The normalized spacial score (nSPS) is 10.9. The monoisotopic (exact) mass is 328 g/mol. The van der Waals surface area contributed by atoms with E-state index in [1.165, 1.54) is 23.3 Å². The van der Waals surface area contributed by atoms with E-state index in [0.717, 1.165) is 22.3 Å². The molecule has 0 bridgehead atoms. The van der Waals surface area contributed by atoms with Crippen molar-refractivity contribution >= 4 is 39.1 Å². The third-order valence-corrected chi connectivity index (χ3v) is 4.59. The molecular formula is C17H20N4OS. The highest BCUT2D eigenvalue weighted by atomic mass is 32.1. The lowest BCUT2D eigenvalue weighted by Crippen LogP contribution is -2.19. The van der Waals surface area contributed by atoms with Crippen LogP contribution in [0.4, 0.5) is 16.3 Å². The number of nitrogens with zero attached hydrogens (tertiary/aromatic N) is 1. The maximum Gasteiger partial charge on any atom is 0.324 e. The number of amides is 2. The van der Waals surface area contributed by atoms with E-state index in [0.29, 0.717) is 5.82 Å². The van der Waals surface area contributed by atoms with E-state index in [-0.39, 0.29) is 6.03 Å². The molecule has 0 aliphatic heterocycles. The molecule has 0 saturated heterocycles. The van der Waals surface area contributed by atoms with Crippen molar-refractivity contribution in [1.29, 1.82) is 0 Å². The Morgan fingerprint density at radius 3 is 2.78 bits per heavy atom. The Morgan fingerprint density at radius 1 is 1.26 bits per heavy atom. The minimum Gasteiger partial charge on any atom is -0.308 e. The van der Waals surface area contributed by atoms with Gasteiger partial charge in [-0.05, 0) is 43.5 Å². The van der Waals surface area contributed by atoms with Crippen molar-refractivity contribution in [1.82, 2.24) is 10.2 Å². The quantitative estimate of drug-likeness (QED) is 0.622. The van der Waals surface area contributed by atoms with Gasteiger partial charge < -0.3 is 5.32 Å². The van der Waals surface area contributed by atoms with Gasteiger partial charge in [0, 0.05) is 10.6 Å². The molecule has 0 aliphatic carbocycles. The molecule has 1 aromatic carbocycles. The zero-order chi connectivity index (χ0) is 16.2. The Kier molecular flexibility index (Phi) is 4.62. The summed E-state index contributed by atoms with van der Waals surface area (Å²) in [5.74, 6) is 0.626. The number of aryl methyl sites for hydroxylation is 2. The first-order valence-corrected chi connectivity index (χ1v) is 8.59. The maximum atomic E-state index is 12.1. The summed E-state index contributed by atoms with van der Waals surface area (Å²) >= 11 is 1.60. The number of rotatable bonds is 5. The first-order valence-electron chi connectivity index (χ1n) is 7.77. The van der Waals surface area contributed by atoms with Gasteiger partial charge in [0.25, 0.3) is 0 Å². The summed E-state index contributed by atoms with van der Waals surface area (Å²) < 4.78 is 0. The van der Waals surface area contributed by atoms with Crippen LogP contribution >= 0.6 is 11.3 Å². The van der Waals surface area contributed by atoms with Gasteiger partial charge in [0.15, 0.2) is 0 Å². The van der Waals surface area contributed by atoms with Crippen LogP contribution in [0.2, 0.25) is 0 Å². The second-order valence-corrected chi connectivity index (χ2v) is 6.79. The molecular weight excluding hydrogens is 308 g/mol. The van der Waals surface area contributed by atoms with Crippen LogP contribution in [-0.2, 0) is 6.42 Å². The third kappa shape index (κ3) is 3.71. The molecule has 23 heavy (non-hydrogen) atoms. The average Bonchev–Trinajstić information content (AvgIpc) is 3.07. The summed E-state index contributed by atoms with van der Waals surface area (Å²) in [7, 11) is 0. The van der Waals surface area contributed by atoms with Crippen molar-refractivity contribution in [3.05, 3.63) is 40.8 Å². The van der Waals surface area contributed by atoms with Gasteiger partial charge in [-0.3, -0.25) is 10.4 Å². The van der Waals surface area contributed by atoms with Crippen molar-refractivity contribution in [2.45, 2.75) is 33.1 Å². The van der Waals surface area contributed by atoms with Crippen molar-refractivity contribution in [3.8, 4) is 0 Å². The Hall–Kier alpha value is -2.34. The fourth-order valence-electron chi connectivity index (χ4n) is 2.44. The van der Waals surface area contributed by atoms with Gasteiger partial charge in [-0.1, -0.05) is 25.5 Å². The predicted octanol–water partition coefficient (Wildman–Crippen LogP) is 4.92. The number of benzene rings is 1. The van der Waals surface area contributed by atoms with E-state index in [1.54, 1.807) is 11.3 Å². The molecule has 120 valence electrons. The predicted molar refractivity (Wildman–Crippen MR) is 96.4 cm³/mol. The number of fused-ring (bicyclic) bond motifs is 1. The van der Waals surface area contributed by atoms with Crippen LogP contribution < -0.4 is 10.6 Å². The highest BCUT2D eigenvalue weighted by Crippen LogP contribution is 2.28. The van der Waals surface area contributed by atoms with Gasteiger partial charge in [-0.15, -0.1) is 11.3 Å². The summed E-state index contributed by atoms with van der Waals surface area (Å²) in [6.45, 7) is 4.21. The summed E-state index contributed by atoms with van der Waals surface area (Å²) in [5.41, 5.74) is 2.07. The number of hydrogen-bond donors (Lipinski definition) is 3. The molecule has 5 nitrogen and oxygen atoms in total. The first-order chi connectivity index (χ1) is 11.2. The molecule has 0 atom stereocenters. The molecule has 3 aromatic rings. The van der Waals surface area contributed by atoms with Crippen molar-refractivity contribution in [3.63, 3.8) is 0 Å². The number of urea groups is 1. The standard InChI is InChI=1S/C17H20N4OS/c1-3-4-5-12-6-8-13(9-7-12)18-17(22)19-15-14-10-11(2)23-16(14)21-20-15/h6-10H,3-5H2,1-2H3,(H3,18,19,20,21,22). The minimum absolute atomic E-state index is 0.277. The lowest BCUT2D eigenvalue weighted by Gasteiger charge is -2.07. The van der Waals surface area contributed by atoms with E-state index >= 15 is 0 Å². The van der Waals surface area contributed by atoms with Crippen molar-refractivity contribution in [2.24, 2.45) is 0 Å². The molecule has 0 saturated carbocycles. The Morgan fingerprint density at radius 2 is 2.04 bits per heavy atom. The Balaban J connectivity index is 1.62. The molecule has 3 N–H and O–H groups in total. The van der Waals surface area contributed by atoms with Crippen LogP contribution in [0.15, 0.2) is 30.3 Å². The first kappa shape index (κ1) is 15.6. The molecule has 2 amide bonds. The van der Waals surface area contributed by atoms with Crippen molar-refractivity contribution in [2.75, 3.05) is 10.6 Å². The fraction of sp³-hybridized carbons (Fsp3) is 0.294. The number of carbonyl (C=O) groups excluding carboxylic acids is 1. The van der Waals surface area contributed by atoms with Crippen LogP contribution in [0, 0.1) is 6.92 Å². The number of anilines is 2. The number of H-pyrrole nitrogens is 1. The van der Waals surface area contributed by atoms with Crippen LogP contribution in [0.3, 0.4) is 0 Å². The smallest absolute Gasteiger partial charge is 0.308 e. The van der Waals surface area contributed by atoms with Gasteiger partial charge >= 0.3 is 6.03 Å². The van der Waals surface area contributed by atoms with Crippen LogP contribution in [0.1, 0.15) is 30.2 Å². The zero-order valence-electron chi connectivity index (χ0n) is 13.3. The highest BCUT2D eigenvalue weighted by molar-refractivity contribution is 7.18. The largest absolute Gasteiger partial charge is 0.324 e. The fourth-order valence-corrected chi connectivity index (χ4v) is 3.28. The van der Waals surface area contributed by atoms with E-state index in [2.05, 4.69) is 39.9 Å². The van der Waals surface area contributed by atoms with Gasteiger partial charge in [0.1, 0.15) is 10.6 Å². The summed E-state index contributed by atoms with van der Waals surface area (Å²) in [6, 6.07) is 9.72. The van der Waals surface area contributed by atoms with E-state index in [4.69, 9.17) is 0 Å². The second kappa shape index (κ2) is 6.83. The Bertz CT molecular complexity index is 804. The molecule has 3 rings (SSSR count). The molecule has 0 spiro atoms. The number of nitrogens with one attached hydrogen (secondary N) is 3. The molecule has 2 heterocycles. The highest BCUT2D eigenvalue weighted by Gasteiger charge is 2.11. The summed E-state index contributed by atoms with van der Waals surface area (Å²) in [4.78, 5) is 14.2. The number of unbranched alkanes of at least 4 members (excludes halogenated alkanes) is 1. The molecule has 6 heteroatoms.